The summed E-state index contributed by atoms with van der Waals surface area (Å²) in [6, 6.07) is 7.88. The molecule has 0 atom stereocenters. The van der Waals surface area contributed by atoms with E-state index < -0.39 is 5.41 Å². The molecule has 0 saturated heterocycles. The molecule has 0 aromatic heterocycles. The number of rotatable bonds is 8. The molecular weight excluding hydrogens is 292 g/mol. The van der Waals surface area contributed by atoms with Gasteiger partial charge in [0.1, 0.15) is 0 Å². The van der Waals surface area contributed by atoms with Crippen LogP contribution < -0.4 is 10.6 Å². The van der Waals surface area contributed by atoms with Crippen LogP contribution in [0.1, 0.15) is 44.7 Å². The van der Waals surface area contributed by atoms with Crippen molar-refractivity contribution in [3.8, 4) is 0 Å². The molecule has 0 aliphatic heterocycles. The topological polar surface area (TPSA) is 67.4 Å². The number of carbonyl (C=O) groups is 2. The van der Waals surface area contributed by atoms with Crippen molar-refractivity contribution < 1.29 is 14.3 Å². The minimum absolute atomic E-state index is 0.00593. The zero-order chi connectivity index (χ0) is 17.3. The van der Waals surface area contributed by atoms with Crippen molar-refractivity contribution in [2.24, 2.45) is 5.41 Å². The summed E-state index contributed by atoms with van der Waals surface area (Å²) in [5.41, 5.74) is 1.74. The van der Waals surface area contributed by atoms with E-state index in [-0.39, 0.29) is 11.8 Å². The number of hydrogen-bond donors (Lipinski definition) is 2. The smallest absolute Gasteiger partial charge is 0.225 e. The summed E-state index contributed by atoms with van der Waals surface area (Å²) in [7, 11) is 1.65. The lowest BCUT2D eigenvalue weighted by Crippen LogP contribution is -2.35. The van der Waals surface area contributed by atoms with Gasteiger partial charge in [-0.15, -0.1) is 0 Å². The van der Waals surface area contributed by atoms with E-state index in [1.807, 2.05) is 45.0 Å². The minimum atomic E-state index is -0.396. The van der Waals surface area contributed by atoms with Gasteiger partial charge in [-0.05, 0) is 17.5 Å². The lowest BCUT2D eigenvalue weighted by atomic mass is 9.96. The average molecular weight is 320 g/mol. The highest BCUT2D eigenvalue weighted by Crippen LogP contribution is 2.12. The second kappa shape index (κ2) is 9.30. The average Bonchev–Trinajstić information content (AvgIpc) is 2.50. The third-order valence-corrected chi connectivity index (χ3v) is 3.44. The predicted octanol–water partition coefficient (Wildman–Crippen LogP) is 2.39. The van der Waals surface area contributed by atoms with Crippen LogP contribution in [0.2, 0.25) is 0 Å². The number of nitrogens with one attached hydrogen (secondary N) is 2. The minimum Gasteiger partial charge on any atom is -0.380 e. The quantitative estimate of drug-likeness (QED) is 0.723. The van der Waals surface area contributed by atoms with Gasteiger partial charge in [0.25, 0.3) is 0 Å². The number of methoxy groups -OCH3 is 1. The summed E-state index contributed by atoms with van der Waals surface area (Å²) in [5.74, 6) is -0.00590. The van der Waals surface area contributed by atoms with Crippen LogP contribution >= 0.6 is 0 Å². The maximum absolute atomic E-state index is 11.9. The monoisotopic (exact) mass is 320 g/mol. The SMILES string of the molecule is COCc1ccccc1CNC(=O)CCCNC(=O)C(C)(C)C. The molecule has 23 heavy (non-hydrogen) atoms. The Morgan fingerprint density at radius 3 is 2.35 bits per heavy atom. The summed E-state index contributed by atoms with van der Waals surface area (Å²) in [6.07, 6.45) is 1.03. The van der Waals surface area contributed by atoms with Gasteiger partial charge < -0.3 is 15.4 Å². The third kappa shape index (κ3) is 7.28. The van der Waals surface area contributed by atoms with Crippen molar-refractivity contribution in [1.82, 2.24) is 10.6 Å². The molecule has 1 aromatic carbocycles. The number of ether oxygens (including phenoxy) is 1. The number of benzene rings is 1. The van der Waals surface area contributed by atoms with E-state index in [0.29, 0.717) is 32.5 Å². The first-order valence-electron chi connectivity index (χ1n) is 7.95. The Bertz CT molecular complexity index is 521. The summed E-state index contributed by atoms with van der Waals surface area (Å²) in [4.78, 5) is 23.6. The highest BCUT2D eigenvalue weighted by Gasteiger charge is 2.20. The van der Waals surface area contributed by atoms with Crippen LogP contribution in [0.5, 0.6) is 0 Å². The van der Waals surface area contributed by atoms with E-state index in [2.05, 4.69) is 10.6 Å². The van der Waals surface area contributed by atoms with Crippen LogP contribution in [0.15, 0.2) is 24.3 Å². The van der Waals surface area contributed by atoms with Crippen LogP contribution in [0.25, 0.3) is 0 Å². The molecule has 1 aromatic rings. The Labute approximate surface area is 138 Å². The van der Waals surface area contributed by atoms with E-state index in [1.54, 1.807) is 7.11 Å². The molecule has 0 unspecified atom stereocenters. The Balaban J connectivity index is 2.29. The van der Waals surface area contributed by atoms with E-state index in [4.69, 9.17) is 4.74 Å². The molecule has 0 fully saturated rings. The van der Waals surface area contributed by atoms with Crippen LogP contribution in [0.4, 0.5) is 0 Å². The highest BCUT2D eigenvalue weighted by molar-refractivity contribution is 5.81. The summed E-state index contributed by atoms with van der Waals surface area (Å²) >= 11 is 0. The molecular formula is C18H28N2O3. The summed E-state index contributed by atoms with van der Waals surface area (Å²) in [5, 5.41) is 5.75. The van der Waals surface area contributed by atoms with Crippen LogP contribution in [-0.4, -0.2) is 25.5 Å². The standard InChI is InChI=1S/C18H28N2O3/c1-18(2,3)17(22)19-11-7-10-16(21)20-12-14-8-5-6-9-15(14)13-23-4/h5-6,8-9H,7,10-13H2,1-4H3,(H,19,22)(H,20,21). The molecule has 0 aliphatic rings. The Kier molecular flexibility index (Phi) is 7.75. The molecule has 0 spiro atoms. The van der Waals surface area contributed by atoms with Gasteiger partial charge >= 0.3 is 0 Å². The third-order valence-electron chi connectivity index (χ3n) is 3.44. The van der Waals surface area contributed by atoms with Crippen LogP contribution in [0.3, 0.4) is 0 Å². The fraction of sp³-hybridized carbons (Fsp3) is 0.556. The second-order valence-corrected chi connectivity index (χ2v) is 6.59. The van der Waals surface area contributed by atoms with Crippen molar-refractivity contribution in [2.45, 2.75) is 46.8 Å². The van der Waals surface area contributed by atoms with Gasteiger partial charge in [0.2, 0.25) is 11.8 Å². The maximum Gasteiger partial charge on any atom is 0.225 e. The number of amides is 2. The molecule has 0 saturated carbocycles. The summed E-state index contributed by atoms with van der Waals surface area (Å²) in [6.45, 7) is 7.15. The largest absolute Gasteiger partial charge is 0.380 e. The zero-order valence-corrected chi connectivity index (χ0v) is 14.6. The predicted molar refractivity (Wildman–Crippen MR) is 90.7 cm³/mol. The molecule has 0 aliphatic carbocycles. The molecule has 2 amide bonds. The lowest BCUT2D eigenvalue weighted by Gasteiger charge is -2.17. The molecule has 2 N–H and O–H groups in total. The van der Waals surface area contributed by atoms with Crippen molar-refractivity contribution in [2.75, 3.05) is 13.7 Å². The zero-order valence-electron chi connectivity index (χ0n) is 14.6. The summed E-state index contributed by atoms with van der Waals surface area (Å²) < 4.78 is 5.15. The Hall–Kier alpha value is -1.88. The normalized spacial score (nSPS) is 11.1. The van der Waals surface area contributed by atoms with Crippen LogP contribution in [0, 0.1) is 5.41 Å². The molecule has 5 heteroatoms. The van der Waals surface area contributed by atoms with Crippen molar-refractivity contribution in [1.29, 1.82) is 0 Å². The lowest BCUT2D eigenvalue weighted by molar-refractivity contribution is -0.128. The van der Waals surface area contributed by atoms with Gasteiger partial charge in [-0.3, -0.25) is 9.59 Å². The van der Waals surface area contributed by atoms with Gasteiger partial charge in [-0.25, -0.2) is 0 Å². The number of hydrogen-bond acceptors (Lipinski definition) is 3. The van der Waals surface area contributed by atoms with Crippen LogP contribution in [-0.2, 0) is 27.5 Å². The molecule has 5 nitrogen and oxygen atoms in total. The maximum atomic E-state index is 11.9. The van der Waals surface area contributed by atoms with Gasteiger partial charge in [0.15, 0.2) is 0 Å². The van der Waals surface area contributed by atoms with Crippen molar-refractivity contribution >= 4 is 11.8 Å². The molecule has 0 bridgehead atoms. The first-order chi connectivity index (χ1) is 10.8. The van der Waals surface area contributed by atoms with Crippen molar-refractivity contribution in [3.05, 3.63) is 35.4 Å². The number of carbonyl (C=O) groups excluding carboxylic acids is 2. The first kappa shape index (κ1) is 19.2. The Morgan fingerprint density at radius 1 is 1.09 bits per heavy atom. The van der Waals surface area contributed by atoms with Crippen molar-refractivity contribution in [3.63, 3.8) is 0 Å². The van der Waals surface area contributed by atoms with Gasteiger partial charge in [-0.2, -0.15) is 0 Å². The first-order valence-corrected chi connectivity index (χ1v) is 7.95. The molecule has 0 radical (unpaired) electrons. The molecule has 128 valence electrons. The fourth-order valence-corrected chi connectivity index (χ4v) is 2.02. The van der Waals surface area contributed by atoms with Gasteiger partial charge in [0, 0.05) is 32.0 Å². The highest BCUT2D eigenvalue weighted by atomic mass is 16.5. The fourth-order valence-electron chi connectivity index (χ4n) is 2.02. The van der Waals surface area contributed by atoms with E-state index in [9.17, 15) is 9.59 Å². The molecule has 0 heterocycles. The molecule has 1 rings (SSSR count). The van der Waals surface area contributed by atoms with Gasteiger partial charge in [0.05, 0.1) is 6.61 Å². The van der Waals surface area contributed by atoms with E-state index in [1.165, 1.54) is 0 Å². The Morgan fingerprint density at radius 2 is 1.74 bits per heavy atom. The van der Waals surface area contributed by atoms with Gasteiger partial charge in [-0.1, -0.05) is 45.0 Å². The van der Waals surface area contributed by atoms with E-state index >= 15 is 0 Å². The second-order valence-electron chi connectivity index (χ2n) is 6.59. The van der Waals surface area contributed by atoms with E-state index in [0.717, 1.165) is 11.1 Å².